The molecule has 0 unspecified atom stereocenters. The third-order valence-electron chi connectivity index (χ3n) is 6.05. The van der Waals surface area contributed by atoms with Crippen molar-refractivity contribution in [3.63, 3.8) is 0 Å². The summed E-state index contributed by atoms with van der Waals surface area (Å²) in [5.74, 6) is -3.09. The molecular formula is C40H41N3O9UZn. The smallest absolute Gasteiger partial charge is 0.876 e. The molecule has 4 aromatic rings. The molecule has 0 spiro atoms. The minimum Gasteiger partial charge on any atom is -0.876 e. The van der Waals surface area contributed by atoms with Gasteiger partial charge in [0, 0.05) is 38.0 Å². The van der Waals surface area contributed by atoms with E-state index in [2.05, 4.69) is 15.0 Å². The third kappa shape index (κ3) is 24.6. The SMILES string of the molecule is C1CCOC1.CC(=O)/C=C(/C)[O-].CC(=O)/C=C(/C)[O-].[O-]c1cccc(C=NCc2ccccc2N=Cc2cccc([O-])c2[O-])c1[O-].[U+4].[Zn+2].c1ccncc1. The number of aromatic nitrogens is 1. The maximum Gasteiger partial charge on any atom is 4.00 e. The van der Waals surface area contributed by atoms with Gasteiger partial charge in [0.1, 0.15) is 0 Å². The molecule has 14 heteroatoms. The Balaban J connectivity index is 0. The third-order valence-corrected chi connectivity index (χ3v) is 6.05. The van der Waals surface area contributed by atoms with E-state index in [9.17, 15) is 40.2 Å². The van der Waals surface area contributed by atoms with Gasteiger partial charge in [0.25, 0.3) is 0 Å². The summed E-state index contributed by atoms with van der Waals surface area (Å²) in [6.07, 6.45) is 10.9. The average Bonchev–Trinajstić information content (AvgIpc) is 3.69. The van der Waals surface area contributed by atoms with Crippen molar-refractivity contribution < 1.29 is 95.6 Å². The van der Waals surface area contributed by atoms with Gasteiger partial charge in [-0.15, -0.1) is 34.5 Å². The molecule has 276 valence electrons. The molecule has 1 aliphatic rings. The number of rotatable bonds is 7. The summed E-state index contributed by atoms with van der Waals surface area (Å²) in [7, 11) is 0. The second kappa shape index (κ2) is 30.8. The van der Waals surface area contributed by atoms with Gasteiger partial charge < -0.3 is 35.4 Å². The number of hydrogen-bond acceptors (Lipinski definition) is 12. The van der Waals surface area contributed by atoms with Crippen molar-refractivity contribution in [3.8, 4) is 23.0 Å². The summed E-state index contributed by atoms with van der Waals surface area (Å²) < 4.78 is 4.94. The van der Waals surface area contributed by atoms with Crippen LogP contribution in [0.4, 0.5) is 5.69 Å². The zero-order valence-corrected chi connectivity index (χ0v) is 37.9. The van der Waals surface area contributed by atoms with E-state index in [1.807, 2.05) is 30.3 Å². The number of carbonyl (C=O) groups is 2. The summed E-state index contributed by atoms with van der Waals surface area (Å²) in [5, 5.41) is 66.2. The molecule has 0 aliphatic carbocycles. The summed E-state index contributed by atoms with van der Waals surface area (Å²) >= 11 is 0. The maximum absolute atomic E-state index is 11.8. The average molecular weight is 1010 g/mol. The zero-order valence-electron chi connectivity index (χ0n) is 30.7. The van der Waals surface area contributed by atoms with Gasteiger partial charge in [0.05, 0.1) is 12.2 Å². The van der Waals surface area contributed by atoms with Gasteiger partial charge in [-0.1, -0.05) is 74.5 Å². The van der Waals surface area contributed by atoms with Crippen LogP contribution in [0.3, 0.4) is 0 Å². The Morgan fingerprint density at radius 2 is 1.17 bits per heavy atom. The molecule has 0 saturated carbocycles. The fourth-order valence-corrected chi connectivity index (χ4v) is 3.82. The van der Waals surface area contributed by atoms with E-state index >= 15 is 0 Å². The van der Waals surface area contributed by atoms with Crippen molar-refractivity contribution in [2.75, 3.05) is 13.2 Å². The standard InChI is InChI=1S/C21H18N2O4.C5H5N.2C5H8O2.C4H8O.U.Zn/c24-18-9-3-6-15(20(18)26)12-22-11-14-5-1-2-8-17(14)23-13-16-7-4-10-19(25)21(16)27;1-2-4-6-5-3-1;2*1-4(6)3-5(2)7;1-2-4-5-3-1;;/h1-10,12-13,24-27H,11H2;1-5H;2*3,6H,1-2H3;1-4H2;;/q;;;;;+4;+2/p-6/b;;2*4-3-;;;. The second-order valence-corrected chi connectivity index (χ2v) is 10.8. The van der Waals surface area contributed by atoms with Crippen LogP contribution in [0.25, 0.3) is 0 Å². The molecule has 0 N–H and O–H groups in total. The van der Waals surface area contributed by atoms with Crippen molar-refractivity contribution in [2.24, 2.45) is 9.98 Å². The predicted octanol–water partition coefficient (Wildman–Crippen LogP) is 2.91. The molecule has 3 aromatic carbocycles. The van der Waals surface area contributed by atoms with Gasteiger partial charge >= 0.3 is 50.6 Å². The first-order valence-electron chi connectivity index (χ1n) is 16.0. The number of nitrogens with zero attached hydrogens (tertiary/aromatic N) is 3. The van der Waals surface area contributed by atoms with E-state index < -0.39 is 23.0 Å². The molecule has 0 atom stereocenters. The van der Waals surface area contributed by atoms with E-state index in [1.54, 1.807) is 24.5 Å². The molecule has 12 nitrogen and oxygen atoms in total. The van der Waals surface area contributed by atoms with Gasteiger partial charge in [-0.2, -0.15) is 0 Å². The molecule has 0 amide bonds. The number of ketones is 2. The fraction of sp³-hybridized carbons (Fsp3) is 0.225. The Bertz CT molecular complexity index is 1730. The number of para-hydroxylation sites is 3. The molecule has 2 heterocycles. The van der Waals surface area contributed by atoms with Crippen molar-refractivity contribution in [2.45, 2.75) is 47.1 Å². The van der Waals surface area contributed by atoms with Gasteiger partial charge in [0.15, 0.2) is 11.6 Å². The molecule has 1 aliphatic heterocycles. The van der Waals surface area contributed by atoms with Crippen LogP contribution < -0.4 is 30.6 Å². The molecule has 1 aromatic heterocycles. The normalized spacial score (nSPS) is 11.8. The van der Waals surface area contributed by atoms with Gasteiger partial charge in [-0.3, -0.25) is 24.6 Å². The van der Waals surface area contributed by atoms with Gasteiger partial charge in [-0.05, 0) is 73.7 Å². The topological polar surface area (TPSA) is 219 Å². The molecule has 0 radical (unpaired) electrons. The Kier molecular flexibility index (Phi) is 29.4. The van der Waals surface area contributed by atoms with Crippen LogP contribution in [-0.4, -0.2) is 42.2 Å². The van der Waals surface area contributed by atoms with Crippen molar-refractivity contribution in [1.29, 1.82) is 0 Å². The minimum absolute atomic E-state index is 0. The fourth-order valence-electron chi connectivity index (χ4n) is 3.82. The van der Waals surface area contributed by atoms with Crippen LogP contribution in [0.1, 0.15) is 57.2 Å². The Morgan fingerprint density at radius 1 is 0.685 bits per heavy atom. The van der Waals surface area contributed by atoms with Crippen molar-refractivity contribution in [1.82, 2.24) is 4.98 Å². The zero-order chi connectivity index (χ0) is 38.7. The van der Waals surface area contributed by atoms with Crippen LogP contribution in [0.2, 0.25) is 0 Å². The number of hydrogen-bond donors (Lipinski definition) is 0. The van der Waals surface area contributed by atoms with E-state index in [0.717, 1.165) is 30.9 Å². The summed E-state index contributed by atoms with van der Waals surface area (Å²) in [5.41, 5.74) is 1.79. The Morgan fingerprint density at radius 3 is 1.54 bits per heavy atom. The monoisotopic (exact) mass is 1010 g/mol. The van der Waals surface area contributed by atoms with Crippen LogP contribution in [-0.2, 0) is 40.3 Å². The summed E-state index contributed by atoms with van der Waals surface area (Å²) in [4.78, 5) is 32.2. The van der Waals surface area contributed by atoms with Gasteiger partial charge in [-0.25, -0.2) is 0 Å². The first-order chi connectivity index (χ1) is 24.8. The molecule has 1 fully saturated rings. The number of allylic oxidation sites excluding steroid dienone is 4. The molecule has 0 bridgehead atoms. The van der Waals surface area contributed by atoms with E-state index in [1.165, 1.54) is 89.4 Å². The summed E-state index contributed by atoms with van der Waals surface area (Å²) in [6, 6.07) is 21.4. The van der Waals surface area contributed by atoms with E-state index in [4.69, 9.17) is 4.74 Å². The predicted molar refractivity (Wildman–Crippen MR) is 189 cm³/mol. The maximum atomic E-state index is 11.8. The Labute approximate surface area is 352 Å². The molecule has 5 rings (SSSR count). The Hall–Kier alpha value is -4.59. The first-order valence-corrected chi connectivity index (χ1v) is 16.0. The van der Waals surface area contributed by atoms with Crippen molar-refractivity contribution >= 4 is 29.7 Å². The quantitative estimate of drug-likeness (QED) is 0.114. The number of pyridine rings is 1. The molecule has 54 heavy (non-hydrogen) atoms. The van der Waals surface area contributed by atoms with Crippen LogP contribution in [0, 0.1) is 31.1 Å². The summed E-state index contributed by atoms with van der Waals surface area (Å²) in [6.45, 7) is 7.63. The first kappa shape index (κ1) is 51.5. The van der Waals surface area contributed by atoms with Crippen molar-refractivity contribution in [3.05, 3.63) is 132 Å². The molecule has 1 saturated heterocycles. The molecular weight excluding hydrogens is 970 g/mol. The van der Waals surface area contributed by atoms with Crippen LogP contribution in [0.5, 0.6) is 23.0 Å². The van der Waals surface area contributed by atoms with E-state index in [-0.39, 0.29) is 91.3 Å². The second-order valence-electron chi connectivity index (χ2n) is 10.8. The van der Waals surface area contributed by atoms with Crippen LogP contribution in [0.15, 0.2) is 125 Å². The number of ether oxygens (including phenoxy) is 1. The largest absolute Gasteiger partial charge is 4.00 e. The van der Waals surface area contributed by atoms with Crippen LogP contribution >= 0.6 is 0 Å². The van der Waals surface area contributed by atoms with E-state index in [0.29, 0.717) is 5.69 Å². The number of benzene rings is 3. The minimum atomic E-state index is -0.600. The van der Waals surface area contributed by atoms with Gasteiger partial charge in [0.2, 0.25) is 0 Å². The number of aliphatic imine (C=N–C) groups is 2. The number of carbonyl (C=O) groups excluding carboxylic acids is 2.